The molecule has 1 aromatic carbocycles. The van der Waals surface area contributed by atoms with Gasteiger partial charge in [-0.2, -0.15) is 10.2 Å². The summed E-state index contributed by atoms with van der Waals surface area (Å²) in [7, 11) is 1.74. The highest BCUT2D eigenvalue weighted by atomic mass is 79.9. The Hall–Kier alpha value is -3.66. The quantitative estimate of drug-likeness (QED) is 0.417. The Labute approximate surface area is 192 Å². The highest BCUT2D eigenvalue weighted by Crippen LogP contribution is 2.21. The Bertz CT molecular complexity index is 1290. The number of nitrogens with one attached hydrogen (secondary N) is 2. The minimum atomic E-state index is -0.365. The number of aromatic nitrogens is 4. The topological polar surface area (TPSA) is 107 Å². The zero-order chi connectivity index (χ0) is 22.8. The van der Waals surface area contributed by atoms with Crippen LogP contribution in [0.3, 0.4) is 0 Å². The van der Waals surface area contributed by atoms with Crippen LogP contribution < -0.4 is 10.6 Å². The van der Waals surface area contributed by atoms with Crippen LogP contribution in [0.5, 0.6) is 0 Å². The van der Waals surface area contributed by atoms with E-state index in [-0.39, 0.29) is 17.6 Å². The van der Waals surface area contributed by atoms with E-state index in [1.807, 2.05) is 18.5 Å². The molecule has 0 radical (unpaired) electrons. The van der Waals surface area contributed by atoms with E-state index in [0.717, 1.165) is 15.9 Å². The number of rotatable bonds is 6. The van der Waals surface area contributed by atoms with Crippen LogP contribution >= 0.6 is 15.9 Å². The second kappa shape index (κ2) is 8.83. The molecule has 3 heterocycles. The molecule has 0 fully saturated rings. The molecule has 4 rings (SSSR count). The van der Waals surface area contributed by atoms with Gasteiger partial charge in [0.25, 0.3) is 11.8 Å². The highest BCUT2D eigenvalue weighted by molar-refractivity contribution is 9.10. The summed E-state index contributed by atoms with van der Waals surface area (Å²) in [5, 5.41) is 14.1. The van der Waals surface area contributed by atoms with Crippen LogP contribution in [-0.4, -0.2) is 31.4 Å². The number of benzene rings is 1. The second-order valence-corrected chi connectivity index (χ2v) is 8.06. The molecule has 0 aliphatic carbocycles. The van der Waals surface area contributed by atoms with Gasteiger partial charge >= 0.3 is 0 Å². The fourth-order valence-corrected chi connectivity index (χ4v) is 3.41. The maximum absolute atomic E-state index is 12.5. The number of carbonyl (C=O) groups is 2. The standard InChI is InChI=1S/C22H21BrN6O3/c1-13-20(23)14(2)29(26-13)12-17-8-9-19(32-17)22(31)25-16-6-4-15(5-7-16)24-21(30)18-10-11-28(3)27-18/h4-11H,12H2,1-3H3,(H,24,30)(H,25,31). The van der Waals surface area contributed by atoms with Gasteiger partial charge in [0.2, 0.25) is 0 Å². The number of anilines is 2. The number of carbonyl (C=O) groups excluding carboxylic acids is 2. The van der Waals surface area contributed by atoms with Crippen molar-refractivity contribution >= 4 is 39.1 Å². The van der Waals surface area contributed by atoms with Crippen molar-refractivity contribution in [2.45, 2.75) is 20.4 Å². The molecular formula is C22H21BrN6O3. The third kappa shape index (κ3) is 4.65. The number of nitrogens with zero attached hydrogens (tertiary/aromatic N) is 4. The number of hydrogen-bond acceptors (Lipinski definition) is 5. The molecule has 0 saturated carbocycles. The molecule has 0 atom stereocenters. The molecule has 2 amide bonds. The molecule has 2 N–H and O–H groups in total. The van der Waals surface area contributed by atoms with E-state index in [2.05, 4.69) is 36.8 Å². The predicted octanol–water partition coefficient (Wildman–Crippen LogP) is 4.14. The average Bonchev–Trinajstić information content (AvgIpc) is 3.47. The Morgan fingerprint density at radius 3 is 2.19 bits per heavy atom. The third-order valence-corrected chi connectivity index (χ3v) is 5.98. The second-order valence-electron chi connectivity index (χ2n) is 7.27. The van der Waals surface area contributed by atoms with E-state index >= 15 is 0 Å². The molecule has 32 heavy (non-hydrogen) atoms. The molecule has 0 unspecified atom stereocenters. The Morgan fingerprint density at radius 1 is 0.969 bits per heavy atom. The molecule has 0 bridgehead atoms. The van der Waals surface area contributed by atoms with Gasteiger partial charge in [-0.25, -0.2) is 0 Å². The van der Waals surface area contributed by atoms with E-state index in [1.54, 1.807) is 60.4 Å². The summed E-state index contributed by atoms with van der Waals surface area (Å²) in [5.74, 6) is 0.158. The van der Waals surface area contributed by atoms with Crippen LogP contribution in [0.2, 0.25) is 0 Å². The number of furan rings is 1. The van der Waals surface area contributed by atoms with Crippen LogP contribution in [0.1, 0.15) is 38.2 Å². The first-order chi connectivity index (χ1) is 15.3. The molecular weight excluding hydrogens is 476 g/mol. The van der Waals surface area contributed by atoms with Crippen molar-refractivity contribution in [1.29, 1.82) is 0 Å². The van der Waals surface area contributed by atoms with Gasteiger partial charge in [0.15, 0.2) is 11.5 Å². The lowest BCUT2D eigenvalue weighted by Crippen LogP contribution is -2.13. The van der Waals surface area contributed by atoms with Gasteiger partial charge in [0.1, 0.15) is 5.76 Å². The lowest BCUT2D eigenvalue weighted by Gasteiger charge is -2.06. The molecule has 3 aromatic heterocycles. The Morgan fingerprint density at radius 2 is 1.62 bits per heavy atom. The van der Waals surface area contributed by atoms with Crippen molar-refractivity contribution in [1.82, 2.24) is 19.6 Å². The molecule has 4 aromatic rings. The molecule has 9 nitrogen and oxygen atoms in total. The van der Waals surface area contributed by atoms with E-state index < -0.39 is 0 Å². The van der Waals surface area contributed by atoms with Crippen molar-refractivity contribution in [3.05, 3.63) is 81.7 Å². The first kappa shape index (κ1) is 21.6. The summed E-state index contributed by atoms with van der Waals surface area (Å²) in [6.07, 6.45) is 1.70. The van der Waals surface area contributed by atoms with Crippen LogP contribution in [0.25, 0.3) is 0 Å². The maximum Gasteiger partial charge on any atom is 0.291 e. The van der Waals surface area contributed by atoms with Crippen LogP contribution in [0.4, 0.5) is 11.4 Å². The molecule has 164 valence electrons. The summed E-state index contributed by atoms with van der Waals surface area (Å²) in [5.41, 5.74) is 3.37. The average molecular weight is 497 g/mol. The first-order valence-corrected chi connectivity index (χ1v) is 10.6. The van der Waals surface area contributed by atoms with Gasteiger partial charge in [-0.05, 0) is 72.2 Å². The largest absolute Gasteiger partial charge is 0.454 e. The number of aryl methyl sites for hydroxylation is 2. The van der Waals surface area contributed by atoms with Crippen molar-refractivity contribution in [3.63, 3.8) is 0 Å². The van der Waals surface area contributed by atoms with Crippen molar-refractivity contribution in [3.8, 4) is 0 Å². The van der Waals surface area contributed by atoms with Gasteiger partial charge in [-0.15, -0.1) is 0 Å². The van der Waals surface area contributed by atoms with Crippen molar-refractivity contribution in [2.75, 3.05) is 10.6 Å². The van der Waals surface area contributed by atoms with E-state index in [9.17, 15) is 9.59 Å². The van der Waals surface area contributed by atoms with Gasteiger partial charge in [-0.1, -0.05) is 0 Å². The lowest BCUT2D eigenvalue weighted by molar-refractivity contribution is 0.0992. The summed E-state index contributed by atoms with van der Waals surface area (Å²) < 4.78 is 10.0. The summed E-state index contributed by atoms with van der Waals surface area (Å²) >= 11 is 3.50. The molecule has 10 heteroatoms. The van der Waals surface area contributed by atoms with Gasteiger partial charge in [-0.3, -0.25) is 19.0 Å². The molecule has 0 aliphatic heterocycles. The van der Waals surface area contributed by atoms with Crippen molar-refractivity contribution in [2.24, 2.45) is 7.05 Å². The summed E-state index contributed by atoms with van der Waals surface area (Å²) in [6, 6.07) is 11.8. The van der Waals surface area contributed by atoms with E-state index in [0.29, 0.717) is 29.4 Å². The van der Waals surface area contributed by atoms with E-state index in [1.165, 1.54) is 0 Å². The smallest absolute Gasteiger partial charge is 0.291 e. The van der Waals surface area contributed by atoms with Gasteiger partial charge in [0.05, 0.1) is 22.4 Å². The van der Waals surface area contributed by atoms with Crippen molar-refractivity contribution < 1.29 is 14.0 Å². The van der Waals surface area contributed by atoms with Crippen LogP contribution in [0.15, 0.2) is 57.6 Å². The van der Waals surface area contributed by atoms with Crippen LogP contribution in [-0.2, 0) is 13.6 Å². The fraction of sp³-hybridized carbons (Fsp3) is 0.182. The Kier molecular flexibility index (Phi) is 5.95. The molecule has 0 spiro atoms. The zero-order valence-corrected chi connectivity index (χ0v) is 19.3. The zero-order valence-electron chi connectivity index (χ0n) is 17.7. The minimum absolute atomic E-state index is 0.202. The number of hydrogen-bond donors (Lipinski definition) is 2. The van der Waals surface area contributed by atoms with Crippen LogP contribution in [0, 0.1) is 13.8 Å². The van der Waals surface area contributed by atoms with Gasteiger partial charge < -0.3 is 15.1 Å². The first-order valence-electron chi connectivity index (χ1n) is 9.81. The molecule has 0 aliphatic rings. The number of amides is 2. The highest BCUT2D eigenvalue weighted by Gasteiger charge is 2.15. The minimum Gasteiger partial charge on any atom is -0.454 e. The van der Waals surface area contributed by atoms with Gasteiger partial charge in [0, 0.05) is 24.6 Å². The Balaban J connectivity index is 1.36. The molecule has 0 saturated heterocycles. The fourth-order valence-electron chi connectivity index (χ4n) is 3.12. The maximum atomic E-state index is 12.5. The number of halogens is 1. The lowest BCUT2D eigenvalue weighted by atomic mass is 10.2. The predicted molar refractivity (Wildman–Crippen MR) is 123 cm³/mol. The van der Waals surface area contributed by atoms with E-state index in [4.69, 9.17) is 4.42 Å². The normalized spacial score (nSPS) is 10.9. The SMILES string of the molecule is Cc1nn(Cc2ccc(C(=O)Nc3ccc(NC(=O)c4ccn(C)n4)cc3)o2)c(C)c1Br. The summed E-state index contributed by atoms with van der Waals surface area (Å²) in [4.78, 5) is 24.7. The third-order valence-electron chi connectivity index (χ3n) is 4.83. The monoisotopic (exact) mass is 496 g/mol. The summed E-state index contributed by atoms with van der Waals surface area (Å²) in [6.45, 7) is 4.31.